The van der Waals surface area contributed by atoms with E-state index in [0.717, 1.165) is 11.1 Å². The Kier molecular flexibility index (Phi) is 4.02. The molecule has 4 aromatic rings. The quantitative estimate of drug-likeness (QED) is 0.477. The predicted octanol–water partition coefficient (Wildman–Crippen LogP) is 4.35. The van der Waals surface area contributed by atoms with Gasteiger partial charge in [0.25, 0.3) is 0 Å². The number of aromatic nitrogens is 5. The molecular weight excluding hydrogens is 402 g/mol. The van der Waals surface area contributed by atoms with Gasteiger partial charge in [-0.05, 0) is 23.1 Å². The molecule has 0 bridgehead atoms. The van der Waals surface area contributed by atoms with Gasteiger partial charge in [0, 0.05) is 30.5 Å². The first-order valence-corrected chi connectivity index (χ1v) is 10.7. The van der Waals surface area contributed by atoms with Gasteiger partial charge in [0.05, 0.1) is 5.56 Å². The van der Waals surface area contributed by atoms with Crippen molar-refractivity contribution < 1.29 is 9.53 Å². The van der Waals surface area contributed by atoms with Crippen LogP contribution in [-0.2, 0) is 4.79 Å². The lowest BCUT2D eigenvalue weighted by Crippen LogP contribution is -2.33. The van der Waals surface area contributed by atoms with E-state index in [4.69, 9.17) is 9.72 Å². The number of hydrogen-bond donors (Lipinski definition) is 0. The summed E-state index contributed by atoms with van der Waals surface area (Å²) >= 11 is 0. The number of nitrogens with zero attached hydrogens (tertiary/aromatic N) is 5. The van der Waals surface area contributed by atoms with Crippen molar-refractivity contribution in [3.8, 4) is 17.4 Å². The van der Waals surface area contributed by atoms with Gasteiger partial charge in [-0.15, -0.1) is 5.10 Å². The molecule has 7 nitrogen and oxygen atoms in total. The summed E-state index contributed by atoms with van der Waals surface area (Å²) in [7, 11) is 0. The molecule has 7 heteroatoms. The second-order valence-corrected chi connectivity index (χ2v) is 9.11. The van der Waals surface area contributed by atoms with Gasteiger partial charge in [-0.25, -0.2) is 14.5 Å². The van der Waals surface area contributed by atoms with Crippen molar-refractivity contribution in [2.45, 2.75) is 32.6 Å². The van der Waals surface area contributed by atoms with Gasteiger partial charge in [0.1, 0.15) is 17.8 Å². The molecule has 0 amide bonds. The minimum absolute atomic E-state index is 0.113. The van der Waals surface area contributed by atoms with Crippen LogP contribution in [0.1, 0.15) is 43.7 Å². The first kappa shape index (κ1) is 18.9. The summed E-state index contributed by atoms with van der Waals surface area (Å²) in [4.78, 5) is 27.1. The van der Waals surface area contributed by atoms with Gasteiger partial charge < -0.3 is 4.74 Å². The zero-order valence-electron chi connectivity index (χ0n) is 17.8. The summed E-state index contributed by atoms with van der Waals surface area (Å²) in [6.07, 6.45) is 4.49. The molecule has 158 valence electrons. The van der Waals surface area contributed by atoms with Crippen LogP contribution in [0.2, 0.25) is 0 Å². The Bertz CT molecular complexity index is 1390. The van der Waals surface area contributed by atoms with Crippen LogP contribution in [0.3, 0.4) is 0 Å². The largest absolute Gasteiger partial charge is 0.442 e. The fraction of sp³-hybridized carbons (Fsp3) is 0.240. The van der Waals surface area contributed by atoms with Crippen molar-refractivity contribution in [1.82, 2.24) is 24.6 Å². The van der Waals surface area contributed by atoms with Crippen molar-refractivity contribution in [3.63, 3.8) is 0 Å². The number of Topliss-reactive ketones (excluding diaryl/α,β-unsaturated/α-hetero) is 1. The number of ketones is 1. The van der Waals surface area contributed by atoms with Crippen molar-refractivity contribution in [2.24, 2.45) is 5.41 Å². The predicted molar refractivity (Wildman–Crippen MR) is 118 cm³/mol. The first-order valence-electron chi connectivity index (χ1n) is 10.7. The molecule has 0 N–H and O–H groups in total. The molecule has 32 heavy (non-hydrogen) atoms. The van der Waals surface area contributed by atoms with Crippen LogP contribution in [0, 0.1) is 5.41 Å². The van der Waals surface area contributed by atoms with Crippen LogP contribution in [0.5, 0.6) is 5.88 Å². The molecule has 0 radical (unpaired) electrons. The Balaban J connectivity index is 1.61. The van der Waals surface area contributed by atoms with E-state index in [1.807, 2.05) is 48.5 Å². The SMILES string of the molecule is CC1(C)CC(=O)C2=C(C1)Oc1ncn3nc(-c4ccccn4)nc3c1[C@@H]2c1ccccc1. The van der Waals surface area contributed by atoms with Crippen LogP contribution >= 0.6 is 0 Å². The van der Waals surface area contributed by atoms with Gasteiger partial charge in [0.2, 0.25) is 11.7 Å². The zero-order chi connectivity index (χ0) is 21.9. The minimum atomic E-state index is -0.310. The van der Waals surface area contributed by atoms with E-state index in [0.29, 0.717) is 47.2 Å². The van der Waals surface area contributed by atoms with E-state index in [-0.39, 0.29) is 17.1 Å². The Hall–Kier alpha value is -3.87. The van der Waals surface area contributed by atoms with E-state index in [9.17, 15) is 4.79 Å². The molecule has 4 heterocycles. The summed E-state index contributed by atoms with van der Waals surface area (Å²) < 4.78 is 7.91. The number of carbonyl (C=O) groups is 1. The third-order valence-corrected chi connectivity index (χ3v) is 6.09. The van der Waals surface area contributed by atoms with Crippen LogP contribution < -0.4 is 4.74 Å². The van der Waals surface area contributed by atoms with Crippen molar-refractivity contribution >= 4 is 11.4 Å². The van der Waals surface area contributed by atoms with Gasteiger partial charge in [-0.1, -0.05) is 50.2 Å². The second-order valence-electron chi connectivity index (χ2n) is 9.11. The monoisotopic (exact) mass is 423 g/mol. The Morgan fingerprint density at radius 2 is 1.84 bits per heavy atom. The summed E-state index contributed by atoms with van der Waals surface area (Å²) in [5.74, 6) is 1.51. The highest BCUT2D eigenvalue weighted by Crippen LogP contribution is 2.50. The third kappa shape index (κ3) is 2.92. The molecule has 3 aromatic heterocycles. The molecule has 1 aliphatic carbocycles. The molecule has 1 aromatic carbocycles. The van der Waals surface area contributed by atoms with Crippen LogP contribution in [0.4, 0.5) is 0 Å². The van der Waals surface area contributed by atoms with E-state index in [1.54, 1.807) is 17.0 Å². The van der Waals surface area contributed by atoms with Gasteiger partial charge in [0.15, 0.2) is 11.4 Å². The summed E-state index contributed by atoms with van der Waals surface area (Å²) in [5.41, 5.74) is 3.62. The first-order chi connectivity index (χ1) is 15.5. The van der Waals surface area contributed by atoms with Gasteiger partial charge in [-0.3, -0.25) is 9.78 Å². The topological polar surface area (TPSA) is 82.3 Å². The van der Waals surface area contributed by atoms with Crippen LogP contribution in [0.25, 0.3) is 17.2 Å². The molecule has 0 unspecified atom stereocenters. The Morgan fingerprint density at radius 1 is 1.03 bits per heavy atom. The average molecular weight is 423 g/mol. The molecule has 0 saturated heterocycles. The van der Waals surface area contributed by atoms with E-state index in [2.05, 4.69) is 28.9 Å². The number of carbonyl (C=O) groups excluding carboxylic acids is 1. The lowest BCUT2D eigenvalue weighted by molar-refractivity contribution is -0.118. The maximum absolute atomic E-state index is 13.4. The molecular formula is C25H21N5O2. The number of allylic oxidation sites excluding steroid dienone is 2. The molecule has 6 rings (SSSR count). The van der Waals surface area contributed by atoms with Crippen molar-refractivity contribution in [1.29, 1.82) is 0 Å². The van der Waals surface area contributed by atoms with Crippen molar-refractivity contribution in [3.05, 3.63) is 83.5 Å². The van der Waals surface area contributed by atoms with E-state index >= 15 is 0 Å². The van der Waals surface area contributed by atoms with E-state index < -0.39 is 0 Å². The lowest BCUT2D eigenvalue weighted by atomic mass is 9.70. The fourth-order valence-electron chi connectivity index (χ4n) is 4.73. The number of benzene rings is 1. The zero-order valence-corrected chi connectivity index (χ0v) is 17.8. The van der Waals surface area contributed by atoms with E-state index in [1.165, 1.54) is 0 Å². The van der Waals surface area contributed by atoms with Crippen LogP contribution in [-0.4, -0.2) is 30.3 Å². The molecule has 0 fully saturated rings. The normalized spacial score (nSPS) is 19.4. The standard InChI is InChI=1S/C25H21N5O2/c1-25(2)12-17(31)20-18(13-25)32-24-21(19(20)15-8-4-3-5-9-15)23-28-22(29-30(23)14-27-24)16-10-6-7-11-26-16/h3-11,14,19H,12-13H2,1-2H3/t19-/m1/s1. The third-order valence-electron chi connectivity index (χ3n) is 6.09. The number of pyridine rings is 1. The molecule has 1 aliphatic heterocycles. The summed E-state index contributed by atoms with van der Waals surface area (Å²) in [5, 5.41) is 4.59. The van der Waals surface area contributed by atoms with Crippen molar-refractivity contribution in [2.75, 3.05) is 0 Å². The Labute approximate surface area is 184 Å². The second kappa shape index (κ2) is 6.82. The maximum atomic E-state index is 13.4. The highest BCUT2D eigenvalue weighted by Gasteiger charge is 2.43. The maximum Gasteiger partial charge on any atom is 0.228 e. The molecule has 0 spiro atoms. The molecule has 1 atom stereocenters. The molecule has 0 saturated carbocycles. The van der Waals surface area contributed by atoms with Gasteiger partial charge >= 0.3 is 0 Å². The molecule has 2 aliphatic rings. The number of rotatable bonds is 2. The number of ether oxygens (including phenoxy) is 1. The smallest absolute Gasteiger partial charge is 0.228 e. The lowest BCUT2D eigenvalue weighted by Gasteiger charge is -2.37. The summed E-state index contributed by atoms with van der Waals surface area (Å²) in [6, 6.07) is 15.6. The number of fused-ring (bicyclic) bond motifs is 3. The Morgan fingerprint density at radius 3 is 2.62 bits per heavy atom. The fourth-order valence-corrected chi connectivity index (χ4v) is 4.73. The number of hydrogen-bond acceptors (Lipinski definition) is 6. The van der Waals surface area contributed by atoms with Gasteiger partial charge in [-0.2, -0.15) is 0 Å². The van der Waals surface area contributed by atoms with Crippen LogP contribution in [0.15, 0.2) is 72.4 Å². The summed E-state index contributed by atoms with van der Waals surface area (Å²) in [6.45, 7) is 4.19. The average Bonchev–Trinajstić information content (AvgIpc) is 3.23. The minimum Gasteiger partial charge on any atom is -0.442 e. The highest BCUT2D eigenvalue weighted by atomic mass is 16.5. The highest BCUT2D eigenvalue weighted by molar-refractivity contribution is 6.00.